The van der Waals surface area contributed by atoms with E-state index in [1.165, 1.54) is 17.7 Å². The molecule has 0 aliphatic rings. The minimum atomic E-state index is -0.399. The monoisotopic (exact) mass is 340 g/mol. The lowest BCUT2D eigenvalue weighted by Crippen LogP contribution is -2.43. The molecular formula is C19H24N4O2. The standard InChI is InChI=1S/C19H24N4O2/c1-19(2,16-7-5-4-6-8-16)14-22-18(20-3)21-13-15-9-11-17(12-10-15)23(24)25/h4-12H,13-14H2,1-3H3,(H2,20,21,22). The summed E-state index contributed by atoms with van der Waals surface area (Å²) in [7, 11) is 1.72. The van der Waals surface area contributed by atoms with E-state index in [0.717, 1.165) is 12.1 Å². The molecule has 2 aromatic carbocycles. The lowest BCUT2D eigenvalue weighted by Gasteiger charge is -2.26. The second kappa shape index (κ2) is 8.28. The van der Waals surface area contributed by atoms with Gasteiger partial charge in [-0.2, -0.15) is 0 Å². The lowest BCUT2D eigenvalue weighted by atomic mass is 9.85. The second-order valence-corrected chi connectivity index (χ2v) is 6.45. The van der Waals surface area contributed by atoms with Gasteiger partial charge in [-0.25, -0.2) is 0 Å². The molecule has 0 atom stereocenters. The van der Waals surface area contributed by atoms with Crippen LogP contribution >= 0.6 is 0 Å². The van der Waals surface area contributed by atoms with Gasteiger partial charge in [-0.15, -0.1) is 0 Å². The van der Waals surface area contributed by atoms with E-state index in [-0.39, 0.29) is 11.1 Å². The Balaban J connectivity index is 1.89. The van der Waals surface area contributed by atoms with Crippen molar-refractivity contribution in [2.45, 2.75) is 25.8 Å². The van der Waals surface area contributed by atoms with E-state index in [9.17, 15) is 10.1 Å². The molecule has 0 aromatic heterocycles. The number of nitrogens with zero attached hydrogens (tertiary/aromatic N) is 2. The average Bonchev–Trinajstić information content (AvgIpc) is 2.63. The molecule has 2 rings (SSSR count). The van der Waals surface area contributed by atoms with Gasteiger partial charge in [-0.3, -0.25) is 15.1 Å². The number of non-ortho nitro benzene ring substituents is 1. The summed E-state index contributed by atoms with van der Waals surface area (Å²) in [6.45, 7) is 5.64. The molecular weight excluding hydrogens is 316 g/mol. The number of nitrogens with one attached hydrogen (secondary N) is 2. The number of aliphatic imine (C=N–C) groups is 1. The van der Waals surface area contributed by atoms with Gasteiger partial charge >= 0.3 is 0 Å². The van der Waals surface area contributed by atoms with Crippen molar-refractivity contribution in [3.05, 3.63) is 75.8 Å². The van der Waals surface area contributed by atoms with Crippen molar-refractivity contribution in [2.75, 3.05) is 13.6 Å². The SMILES string of the molecule is CN=C(NCc1ccc([N+](=O)[O-])cc1)NCC(C)(C)c1ccccc1. The van der Waals surface area contributed by atoms with Crippen LogP contribution in [-0.2, 0) is 12.0 Å². The van der Waals surface area contributed by atoms with E-state index in [1.807, 2.05) is 18.2 Å². The normalized spacial score (nSPS) is 11.9. The van der Waals surface area contributed by atoms with Crippen molar-refractivity contribution in [3.8, 4) is 0 Å². The van der Waals surface area contributed by atoms with E-state index in [2.05, 4.69) is 41.6 Å². The van der Waals surface area contributed by atoms with Crippen LogP contribution in [0.4, 0.5) is 5.69 Å². The Labute approximate surface area is 148 Å². The highest BCUT2D eigenvalue weighted by atomic mass is 16.6. The van der Waals surface area contributed by atoms with Gasteiger partial charge in [0, 0.05) is 37.7 Å². The van der Waals surface area contributed by atoms with Crippen LogP contribution in [0, 0.1) is 10.1 Å². The Hall–Kier alpha value is -2.89. The third-order valence-corrected chi connectivity index (χ3v) is 4.08. The highest BCUT2D eigenvalue weighted by molar-refractivity contribution is 5.79. The molecule has 0 aliphatic carbocycles. The Kier molecular flexibility index (Phi) is 6.11. The van der Waals surface area contributed by atoms with Crippen LogP contribution in [0.5, 0.6) is 0 Å². The Bertz CT molecular complexity index is 725. The van der Waals surface area contributed by atoms with Crippen molar-refractivity contribution < 1.29 is 4.92 Å². The first-order valence-electron chi connectivity index (χ1n) is 8.16. The molecule has 2 N–H and O–H groups in total. The molecule has 6 heteroatoms. The minimum Gasteiger partial charge on any atom is -0.356 e. The van der Waals surface area contributed by atoms with Crippen molar-refractivity contribution in [2.24, 2.45) is 4.99 Å². The van der Waals surface area contributed by atoms with Crippen molar-refractivity contribution in [3.63, 3.8) is 0 Å². The number of guanidine groups is 1. The molecule has 0 fully saturated rings. The smallest absolute Gasteiger partial charge is 0.269 e. The fraction of sp³-hybridized carbons (Fsp3) is 0.316. The maximum Gasteiger partial charge on any atom is 0.269 e. The molecule has 6 nitrogen and oxygen atoms in total. The molecule has 0 unspecified atom stereocenters. The zero-order valence-electron chi connectivity index (χ0n) is 14.8. The summed E-state index contributed by atoms with van der Waals surface area (Å²) in [6.07, 6.45) is 0. The number of hydrogen-bond donors (Lipinski definition) is 2. The zero-order valence-corrected chi connectivity index (χ0v) is 14.8. The number of nitro benzene ring substituents is 1. The number of rotatable bonds is 6. The van der Waals surface area contributed by atoms with E-state index >= 15 is 0 Å². The molecule has 0 aliphatic heterocycles. The third kappa shape index (κ3) is 5.31. The van der Waals surface area contributed by atoms with Crippen LogP contribution < -0.4 is 10.6 Å². The first kappa shape index (κ1) is 18.4. The largest absolute Gasteiger partial charge is 0.356 e. The maximum atomic E-state index is 10.7. The summed E-state index contributed by atoms with van der Waals surface area (Å²) in [5, 5.41) is 17.2. The van der Waals surface area contributed by atoms with Gasteiger partial charge in [0.2, 0.25) is 0 Å². The van der Waals surface area contributed by atoms with Crippen LogP contribution in [-0.4, -0.2) is 24.5 Å². The molecule has 0 amide bonds. The predicted molar refractivity (Wildman–Crippen MR) is 101 cm³/mol. The van der Waals surface area contributed by atoms with E-state index < -0.39 is 4.92 Å². The summed E-state index contributed by atoms with van der Waals surface area (Å²) in [6, 6.07) is 16.8. The molecule has 0 bridgehead atoms. The van der Waals surface area contributed by atoms with Crippen molar-refractivity contribution in [1.29, 1.82) is 0 Å². The van der Waals surface area contributed by atoms with E-state index in [4.69, 9.17) is 0 Å². The van der Waals surface area contributed by atoms with Crippen molar-refractivity contribution >= 4 is 11.6 Å². The Morgan fingerprint density at radius 2 is 1.72 bits per heavy atom. The van der Waals surface area contributed by atoms with Gasteiger partial charge in [0.15, 0.2) is 5.96 Å². The number of nitro groups is 1. The molecule has 0 radical (unpaired) electrons. The van der Waals surface area contributed by atoms with Gasteiger partial charge in [0.25, 0.3) is 5.69 Å². The van der Waals surface area contributed by atoms with Gasteiger partial charge in [0.05, 0.1) is 4.92 Å². The molecule has 132 valence electrons. The Morgan fingerprint density at radius 3 is 2.28 bits per heavy atom. The van der Waals surface area contributed by atoms with Crippen molar-refractivity contribution in [1.82, 2.24) is 10.6 Å². The second-order valence-electron chi connectivity index (χ2n) is 6.45. The quantitative estimate of drug-likeness (QED) is 0.366. The highest BCUT2D eigenvalue weighted by Crippen LogP contribution is 2.21. The van der Waals surface area contributed by atoms with E-state index in [0.29, 0.717) is 12.5 Å². The summed E-state index contributed by atoms with van der Waals surface area (Å²) in [5.74, 6) is 0.697. The van der Waals surface area contributed by atoms with Gasteiger partial charge in [-0.1, -0.05) is 56.3 Å². The minimum absolute atomic E-state index is 0.0355. The summed E-state index contributed by atoms with van der Waals surface area (Å²) < 4.78 is 0. The molecule has 0 saturated carbocycles. The van der Waals surface area contributed by atoms with Crippen LogP contribution in [0.25, 0.3) is 0 Å². The summed E-state index contributed by atoms with van der Waals surface area (Å²) in [5.41, 5.74) is 2.27. The van der Waals surface area contributed by atoms with E-state index in [1.54, 1.807) is 19.2 Å². The number of benzene rings is 2. The van der Waals surface area contributed by atoms with Crippen LogP contribution in [0.2, 0.25) is 0 Å². The zero-order chi connectivity index (χ0) is 18.3. The molecule has 0 heterocycles. The summed E-state index contributed by atoms with van der Waals surface area (Å²) in [4.78, 5) is 14.5. The molecule has 2 aromatic rings. The fourth-order valence-corrected chi connectivity index (χ4v) is 2.44. The lowest BCUT2D eigenvalue weighted by molar-refractivity contribution is -0.384. The molecule has 25 heavy (non-hydrogen) atoms. The Morgan fingerprint density at radius 1 is 1.08 bits per heavy atom. The number of hydrogen-bond acceptors (Lipinski definition) is 3. The topological polar surface area (TPSA) is 79.6 Å². The van der Waals surface area contributed by atoms with Gasteiger partial charge < -0.3 is 10.6 Å². The third-order valence-electron chi connectivity index (χ3n) is 4.08. The van der Waals surface area contributed by atoms with Crippen LogP contribution in [0.15, 0.2) is 59.6 Å². The highest BCUT2D eigenvalue weighted by Gasteiger charge is 2.20. The summed E-state index contributed by atoms with van der Waals surface area (Å²) >= 11 is 0. The van der Waals surface area contributed by atoms with Gasteiger partial charge in [0.1, 0.15) is 0 Å². The average molecular weight is 340 g/mol. The molecule has 0 saturated heterocycles. The first-order chi connectivity index (χ1) is 11.9. The fourth-order valence-electron chi connectivity index (χ4n) is 2.44. The van der Waals surface area contributed by atoms with Crippen LogP contribution in [0.3, 0.4) is 0 Å². The predicted octanol–water partition coefficient (Wildman–Crippen LogP) is 3.24. The van der Waals surface area contributed by atoms with Crippen LogP contribution in [0.1, 0.15) is 25.0 Å². The first-order valence-corrected chi connectivity index (χ1v) is 8.16. The maximum absolute atomic E-state index is 10.7. The molecule has 0 spiro atoms. The van der Waals surface area contributed by atoms with Gasteiger partial charge in [-0.05, 0) is 11.1 Å².